The van der Waals surface area contributed by atoms with Crippen molar-refractivity contribution in [2.45, 2.75) is 57.9 Å². The number of unbranched alkanes of at least 4 members (excludes halogenated alkanes) is 7. The Morgan fingerprint density at radius 2 is 1.50 bits per heavy atom. The van der Waals surface area contributed by atoms with E-state index in [-0.39, 0.29) is 5.43 Å². The molecule has 0 radical (unpaired) electrons. The monoisotopic (exact) mass is 487 g/mol. The summed E-state index contributed by atoms with van der Waals surface area (Å²) >= 11 is 0. The van der Waals surface area contributed by atoms with Crippen LogP contribution in [0.15, 0.2) is 75.9 Å². The molecule has 0 aliphatic rings. The van der Waals surface area contributed by atoms with Gasteiger partial charge in [0.2, 0.25) is 5.43 Å². The van der Waals surface area contributed by atoms with Crippen LogP contribution < -0.4 is 10.2 Å². The third-order valence-corrected chi connectivity index (χ3v) is 6.62. The molecule has 1 N–H and O–H groups in total. The lowest BCUT2D eigenvalue weighted by Crippen LogP contribution is -2.18. The highest BCUT2D eigenvalue weighted by Gasteiger charge is 2.08. The third kappa shape index (κ3) is 7.34. The highest BCUT2D eigenvalue weighted by atomic mass is 16.5. The summed E-state index contributed by atoms with van der Waals surface area (Å²) in [5.74, 6) is 1.08. The fraction of sp³-hybridized carbons (Fsp3) is 0.387. The summed E-state index contributed by atoms with van der Waals surface area (Å²) in [4.78, 5) is 15.0. The normalized spacial score (nSPS) is 11.5. The zero-order valence-electron chi connectivity index (χ0n) is 21.2. The lowest BCUT2D eigenvalue weighted by molar-refractivity contribution is 0.303. The number of rotatable bonds is 14. The highest BCUT2D eigenvalue weighted by Crippen LogP contribution is 2.23. The van der Waals surface area contributed by atoms with Crippen molar-refractivity contribution in [3.05, 3.63) is 82.5 Å². The molecule has 0 amide bonds. The van der Waals surface area contributed by atoms with E-state index >= 15 is 0 Å². The number of hydrogen-bond acceptors (Lipinski definition) is 5. The summed E-state index contributed by atoms with van der Waals surface area (Å²) < 4.78 is 11.8. The molecule has 0 atom stereocenters. The Bertz CT molecular complexity index is 1310. The highest BCUT2D eigenvalue weighted by molar-refractivity contribution is 5.90. The molecule has 1 heterocycles. The number of nitrogens with zero attached hydrogens (tertiary/aromatic N) is 1. The van der Waals surface area contributed by atoms with Crippen LogP contribution in [0.3, 0.4) is 0 Å². The zero-order valence-corrected chi connectivity index (χ0v) is 21.2. The summed E-state index contributed by atoms with van der Waals surface area (Å²) in [6.07, 6.45) is 9.75. The number of phenolic OH excluding ortho intramolecular Hbond substituents is 1. The largest absolute Gasteiger partial charge is 0.508 e. The van der Waals surface area contributed by atoms with Gasteiger partial charge < -0.3 is 19.2 Å². The van der Waals surface area contributed by atoms with Crippen molar-refractivity contribution >= 4 is 21.9 Å². The summed E-state index contributed by atoms with van der Waals surface area (Å²) in [6.45, 7) is 2.64. The van der Waals surface area contributed by atoms with Crippen molar-refractivity contribution in [1.29, 1.82) is 0 Å². The van der Waals surface area contributed by atoms with Gasteiger partial charge in [0, 0.05) is 12.6 Å². The number of benzene rings is 3. The van der Waals surface area contributed by atoms with Gasteiger partial charge in [0.1, 0.15) is 22.7 Å². The second-order valence-electron chi connectivity index (χ2n) is 9.67. The predicted molar refractivity (Wildman–Crippen MR) is 147 cm³/mol. The van der Waals surface area contributed by atoms with Crippen LogP contribution in [0.25, 0.3) is 21.9 Å². The molecule has 0 bridgehead atoms. The average molecular weight is 488 g/mol. The van der Waals surface area contributed by atoms with E-state index in [1.54, 1.807) is 18.2 Å². The minimum Gasteiger partial charge on any atom is -0.508 e. The molecular weight excluding hydrogens is 450 g/mol. The first-order valence-corrected chi connectivity index (χ1v) is 13.1. The number of hydrogen-bond donors (Lipinski definition) is 1. The van der Waals surface area contributed by atoms with E-state index in [1.165, 1.54) is 44.9 Å². The Kier molecular flexibility index (Phi) is 9.40. The maximum absolute atomic E-state index is 12.6. The summed E-state index contributed by atoms with van der Waals surface area (Å²) in [5.41, 5.74) is 2.33. The first-order valence-electron chi connectivity index (χ1n) is 13.1. The standard InChI is InChI=1S/C31H37NO4/c1-32(23-24-13-12-14-25(33)21-24)19-10-6-4-2-3-5-7-11-20-35-26-17-18-28-30(22-26)36-29-16-9-8-15-27(29)31(28)34/h8-9,12-18,21-22,33H,2-7,10-11,19-20,23H2,1H3. The summed E-state index contributed by atoms with van der Waals surface area (Å²) in [7, 11) is 2.14. The molecule has 0 aliphatic heterocycles. The molecule has 4 rings (SSSR count). The van der Waals surface area contributed by atoms with Crippen LogP contribution in [0.2, 0.25) is 0 Å². The maximum atomic E-state index is 12.6. The smallest absolute Gasteiger partial charge is 0.200 e. The molecule has 3 aromatic carbocycles. The van der Waals surface area contributed by atoms with Gasteiger partial charge in [-0.15, -0.1) is 0 Å². The molecule has 0 spiro atoms. The van der Waals surface area contributed by atoms with Gasteiger partial charge in [-0.2, -0.15) is 0 Å². The molecular formula is C31H37NO4. The van der Waals surface area contributed by atoms with Crippen LogP contribution in [0.4, 0.5) is 0 Å². The van der Waals surface area contributed by atoms with E-state index in [9.17, 15) is 9.90 Å². The van der Waals surface area contributed by atoms with E-state index in [4.69, 9.17) is 9.15 Å². The molecule has 1 aromatic heterocycles. The van der Waals surface area contributed by atoms with Crippen LogP contribution in [0, 0.1) is 0 Å². The van der Waals surface area contributed by atoms with Crippen molar-refractivity contribution in [3.63, 3.8) is 0 Å². The number of fused-ring (bicyclic) bond motifs is 2. The van der Waals surface area contributed by atoms with E-state index in [2.05, 4.69) is 18.0 Å². The lowest BCUT2D eigenvalue weighted by Gasteiger charge is -2.16. The molecule has 5 heteroatoms. The SMILES string of the molecule is CN(CCCCCCCCCCOc1ccc2c(=O)c3ccccc3oc2c1)Cc1cccc(O)c1. The van der Waals surface area contributed by atoms with Crippen LogP contribution in [0.1, 0.15) is 56.9 Å². The van der Waals surface area contributed by atoms with Gasteiger partial charge in [-0.25, -0.2) is 0 Å². The van der Waals surface area contributed by atoms with E-state index in [1.807, 2.05) is 42.5 Å². The molecule has 4 aromatic rings. The van der Waals surface area contributed by atoms with Crippen LogP contribution >= 0.6 is 0 Å². The third-order valence-electron chi connectivity index (χ3n) is 6.62. The van der Waals surface area contributed by atoms with Gasteiger partial charge >= 0.3 is 0 Å². The van der Waals surface area contributed by atoms with Gasteiger partial charge in [-0.3, -0.25) is 4.79 Å². The number of para-hydroxylation sites is 1. The van der Waals surface area contributed by atoms with E-state index < -0.39 is 0 Å². The minimum atomic E-state index is -0.00116. The van der Waals surface area contributed by atoms with Gasteiger partial charge in [0.05, 0.1) is 17.4 Å². The summed E-state index contributed by atoms with van der Waals surface area (Å²) in [6, 6.07) is 20.3. The van der Waals surface area contributed by atoms with Crippen LogP contribution in [-0.2, 0) is 6.54 Å². The molecule has 0 saturated heterocycles. The van der Waals surface area contributed by atoms with Crippen LogP contribution in [-0.4, -0.2) is 30.2 Å². The van der Waals surface area contributed by atoms with Gasteiger partial charge in [0.15, 0.2) is 0 Å². The van der Waals surface area contributed by atoms with Crippen molar-refractivity contribution in [2.75, 3.05) is 20.2 Å². The van der Waals surface area contributed by atoms with Crippen molar-refractivity contribution in [2.24, 2.45) is 0 Å². The van der Waals surface area contributed by atoms with Gasteiger partial charge in [-0.05, 0) is 68.4 Å². The lowest BCUT2D eigenvalue weighted by atomic mass is 10.1. The second kappa shape index (κ2) is 13.1. The van der Waals surface area contributed by atoms with Crippen LogP contribution in [0.5, 0.6) is 11.5 Å². The average Bonchev–Trinajstić information content (AvgIpc) is 2.87. The molecule has 36 heavy (non-hydrogen) atoms. The van der Waals surface area contributed by atoms with E-state index in [0.29, 0.717) is 34.3 Å². The molecule has 0 saturated carbocycles. The number of phenols is 1. The quantitative estimate of drug-likeness (QED) is 0.150. The van der Waals surface area contributed by atoms with Crippen molar-refractivity contribution in [3.8, 4) is 11.5 Å². The fourth-order valence-corrected chi connectivity index (χ4v) is 4.65. The van der Waals surface area contributed by atoms with Gasteiger partial charge in [0.25, 0.3) is 0 Å². The topological polar surface area (TPSA) is 62.9 Å². The van der Waals surface area contributed by atoms with Crippen molar-refractivity contribution < 1.29 is 14.3 Å². The molecule has 5 nitrogen and oxygen atoms in total. The molecule has 0 fully saturated rings. The Morgan fingerprint density at radius 1 is 0.778 bits per heavy atom. The predicted octanol–water partition coefficient (Wildman–Crippen LogP) is 7.28. The first kappa shape index (κ1) is 25.8. The number of aromatic hydroxyl groups is 1. The second-order valence-corrected chi connectivity index (χ2v) is 9.67. The Labute approximate surface area is 213 Å². The molecule has 0 unspecified atom stereocenters. The Hall–Kier alpha value is -3.31. The van der Waals surface area contributed by atoms with E-state index in [0.717, 1.165) is 30.8 Å². The maximum Gasteiger partial charge on any atom is 0.200 e. The Morgan fingerprint density at radius 3 is 2.31 bits per heavy atom. The Balaban J connectivity index is 1.05. The molecule has 0 aliphatic carbocycles. The summed E-state index contributed by atoms with van der Waals surface area (Å²) in [5, 5.41) is 10.8. The molecule has 190 valence electrons. The fourth-order valence-electron chi connectivity index (χ4n) is 4.65. The van der Waals surface area contributed by atoms with Gasteiger partial charge in [-0.1, -0.05) is 62.8 Å². The minimum absolute atomic E-state index is 0.00116. The number of ether oxygens (including phenoxy) is 1. The zero-order chi connectivity index (χ0) is 25.2. The van der Waals surface area contributed by atoms with Crippen molar-refractivity contribution in [1.82, 2.24) is 4.90 Å². The first-order chi connectivity index (χ1) is 17.6.